The van der Waals surface area contributed by atoms with Crippen molar-refractivity contribution in [2.24, 2.45) is 20.5 Å². The number of non-ortho nitro benzene ring substituents is 1. The highest BCUT2D eigenvalue weighted by Gasteiger charge is 2.03. The Kier molecular flexibility index (Phi) is 8.76. The van der Waals surface area contributed by atoms with Crippen LogP contribution >= 0.6 is 0 Å². The molecule has 33 heavy (non-hydrogen) atoms. The van der Waals surface area contributed by atoms with Crippen LogP contribution in [-0.4, -0.2) is 18.5 Å². The third-order valence-electron chi connectivity index (χ3n) is 5.11. The molecule has 170 valence electrons. The smallest absolute Gasteiger partial charge is 0.269 e. The fourth-order valence-electron chi connectivity index (χ4n) is 3.14. The van der Waals surface area contributed by atoms with Crippen LogP contribution in [0.1, 0.15) is 32.6 Å². The van der Waals surface area contributed by atoms with E-state index < -0.39 is 4.92 Å². The Morgan fingerprint density at radius 2 is 1.12 bits per heavy atom. The summed E-state index contributed by atoms with van der Waals surface area (Å²) in [5.41, 5.74) is 3.89. The van der Waals surface area contributed by atoms with Crippen LogP contribution in [0.5, 0.6) is 0 Å². The fraction of sp³-hybridized carbons (Fsp3) is 0.280. The van der Waals surface area contributed by atoms with Crippen LogP contribution in [0.25, 0.3) is 0 Å². The van der Waals surface area contributed by atoms with Crippen molar-refractivity contribution in [2.75, 3.05) is 18.5 Å². The van der Waals surface area contributed by atoms with E-state index in [4.69, 9.17) is 0 Å². The molecule has 0 saturated heterocycles. The van der Waals surface area contributed by atoms with Gasteiger partial charge in [0.25, 0.3) is 5.69 Å². The van der Waals surface area contributed by atoms with Gasteiger partial charge in [0.2, 0.25) is 0 Å². The molecule has 8 nitrogen and oxygen atoms in total. The Hall–Kier alpha value is -3.94. The summed E-state index contributed by atoms with van der Waals surface area (Å²) in [6.45, 7) is 3.27. The molecule has 0 aliphatic rings. The highest BCUT2D eigenvalue weighted by molar-refractivity contribution is 5.53. The standard InChI is InChI=1S/C25H28N6O2/c1-3-4-5-6-19-30(2)24-15-11-22(12-16-24)28-26-20-7-9-21(10-8-20)27-29-23-13-17-25(18-14-23)31(32)33/h7-18H,3-6,19H2,1-2H3. The minimum Gasteiger partial charge on any atom is -0.375 e. The number of anilines is 1. The first-order valence-electron chi connectivity index (χ1n) is 11.0. The van der Waals surface area contributed by atoms with E-state index in [1.54, 1.807) is 24.3 Å². The summed E-state index contributed by atoms with van der Waals surface area (Å²) in [7, 11) is 2.11. The molecule has 3 aromatic carbocycles. The van der Waals surface area contributed by atoms with E-state index in [1.807, 2.05) is 24.3 Å². The van der Waals surface area contributed by atoms with Gasteiger partial charge in [-0.1, -0.05) is 26.2 Å². The van der Waals surface area contributed by atoms with Crippen molar-refractivity contribution in [3.8, 4) is 0 Å². The molecule has 0 N–H and O–H groups in total. The quantitative estimate of drug-likeness (QED) is 0.128. The minimum absolute atomic E-state index is 0.0210. The molecule has 0 amide bonds. The Morgan fingerprint density at radius 1 is 0.697 bits per heavy atom. The van der Waals surface area contributed by atoms with Crippen LogP contribution in [0.3, 0.4) is 0 Å². The molecule has 0 aromatic heterocycles. The zero-order chi connectivity index (χ0) is 23.5. The topological polar surface area (TPSA) is 95.8 Å². The summed E-state index contributed by atoms with van der Waals surface area (Å²) in [6, 6.07) is 21.2. The number of hydrogen-bond donors (Lipinski definition) is 0. The van der Waals surface area contributed by atoms with Crippen molar-refractivity contribution in [3.05, 3.63) is 82.9 Å². The van der Waals surface area contributed by atoms with Gasteiger partial charge in [0.15, 0.2) is 0 Å². The van der Waals surface area contributed by atoms with E-state index in [1.165, 1.54) is 43.5 Å². The first kappa shape index (κ1) is 23.7. The van der Waals surface area contributed by atoms with Gasteiger partial charge in [0.05, 0.1) is 27.7 Å². The number of benzene rings is 3. The summed E-state index contributed by atoms with van der Waals surface area (Å²) >= 11 is 0. The molecule has 8 heteroatoms. The normalized spacial score (nSPS) is 11.3. The maximum atomic E-state index is 10.7. The largest absolute Gasteiger partial charge is 0.375 e. The third kappa shape index (κ3) is 7.60. The number of azo groups is 2. The molecule has 0 aliphatic heterocycles. The molecule has 0 unspecified atom stereocenters. The maximum absolute atomic E-state index is 10.7. The van der Waals surface area contributed by atoms with Gasteiger partial charge >= 0.3 is 0 Å². The number of nitro benzene ring substituents is 1. The maximum Gasteiger partial charge on any atom is 0.269 e. The van der Waals surface area contributed by atoms with E-state index in [0.29, 0.717) is 17.1 Å². The molecule has 0 saturated carbocycles. The van der Waals surface area contributed by atoms with Crippen LogP contribution < -0.4 is 4.90 Å². The van der Waals surface area contributed by atoms with Gasteiger partial charge in [-0.3, -0.25) is 10.1 Å². The van der Waals surface area contributed by atoms with E-state index in [9.17, 15) is 10.1 Å². The van der Waals surface area contributed by atoms with Crippen molar-refractivity contribution in [2.45, 2.75) is 32.6 Å². The zero-order valence-electron chi connectivity index (χ0n) is 19.0. The van der Waals surface area contributed by atoms with Gasteiger partial charge in [-0.15, -0.1) is 0 Å². The Bertz CT molecular complexity index is 1080. The van der Waals surface area contributed by atoms with Crippen molar-refractivity contribution in [1.29, 1.82) is 0 Å². The molecule has 0 aliphatic carbocycles. The molecule has 0 heterocycles. The lowest BCUT2D eigenvalue weighted by Gasteiger charge is -2.19. The summed E-state index contributed by atoms with van der Waals surface area (Å²) < 4.78 is 0. The van der Waals surface area contributed by atoms with Crippen molar-refractivity contribution in [3.63, 3.8) is 0 Å². The number of hydrogen-bond acceptors (Lipinski definition) is 7. The highest BCUT2D eigenvalue weighted by Crippen LogP contribution is 2.25. The second-order valence-electron chi connectivity index (χ2n) is 7.69. The van der Waals surface area contributed by atoms with Gasteiger partial charge < -0.3 is 4.90 Å². The van der Waals surface area contributed by atoms with Gasteiger partial charge in [-0.2, -0.15) is 20.5 Å². The predicted octanol–water partition coefficient (Wildman–Crippen LogP) is 8.44. The Morgan fingerprint density at radius 3 is 1.55 bits per heavy atom. The molecule has 0 atom stereocenters. The van der Waals surface area contributed by atoms with E-state index in [0.717, 1.165) is 12.2 Å². The van der Waals surface area contributed by atoms with Crippen LogP contribution in [0.4, 0.5) is 34.1 Å². The van der Waals surface area contributed by atoms with Gasteiger partial charge in [0.1, 0.15) is 0 Å². The second-order valence-corrected chi connectivity index (χ2v) is 7.69. The molecule has 3 rings (SSSR count). The van der Waals surface area contributed by atoms with Crippen LogP contribution in [0, 0.1) is 10.1 Å². The zero-order valence-corrected chi connectivity index (χ0v) is 19.0. The average Bonchev–Trinajstić information content (AvgIpc) is 2.85. The Labute approximate surface area is 193 Å². The SMILES string of the molecule is CCCCCCN(C)c1ccc(N=Nc2ccc(N=Nc3ccc([N+](=O)[O-])cc3)cc2)cc1. The van der Waals surface area contributed by atoms with E-state index >= 15 is 0 Å². The molecule has 0 bridgehead atoms. The lowest BCUT2D eigenvalue weighted by Crippen LogP contribution is -2.18. The van der Waals surface area contributed by atoms with E-state index in [-0.39, 0.29) is 5.69 Å². The summed E-state index contributed by atoms with van der Waals surface area (Å²) in [5.74, 6) is 0. The average molecular weight is 445 g/mol. The monoisotopic (exact) mass is 444 g/mol. The van der Waals surface area contributed by atoms with Gasteiger partial charge in [0, 0.05) is 31.4 Å². The fourth-order valence-corrected chi connectivity index (χ4v) is 3.14. The molecule has 3 aromatic rings. The first-order valence-corrected chi connectivity index (χ1v) is 11.0. The number of nitrogens with zero attached hydrogens (tertiary/aromatic N) is 6. The van der Waals surface area contributed by atoms with Crippen molar-refractivity contribution < 1.29 is 4.92 Å². The molecule has 0 spiro atoms. The number of rotatable bonds is 11. The first-order chi connectivity index (χ1) is 16.0. The number of unbranched alkanes of at least 4 members (excludes halogenated alkanes) is 3. The van der Waals surface area contributed by atoms with E-state index in [2.05, 4.69) is 51.5 Å². The van der Waals surface area contributed by atoms with Crippen LogP contribution in [-0.2, 0) is 0 Å². The van der Waals surface area contributed by atoms with Crippen molar-refractivity contribution in [1.82, 2.24) is 0 Å². The van der Waals surface area contributed by atoms with Gasteiger partial charge in [-0.05, 0) is 67.1 Å². The third-order valence-corrected chi connectivity index (χ3v) is 5.11. The highest BCUT2D eigenvalue weighted by atomic mass is 16.6. The molecular weight excluding hydrogens is 416 g/mol. The summed E-state index contributed by atoms with van der Waals surface area (Å²) in [6.07, 6.45) is 5.01. The molecular formula is C25H28N6O2. The summed E-state index contributed by atoms with van der Waals surface area (Å²) in [4.78, 5) is 12.5. The molecule has 0 radical (unpaired) electrons. The van der Waals surface area contributed by atoms with Crippen LogP contribution in [0.2, 0.25) is 0 Å². The van der Waals surface area contributed by atoms with Crippen molar-refractivity contribution >= 4 is 34.1 Å². The number of nitro groups is 1. The minimum atomic E-state index is -0.448. The molecule has 0 fully saturated rings. The Balaban J connectivity index is 1.53. The summed E-state index contributed by atoms with van der Waals surface area (Å²) in [5, 5.41) is 27.5. The second kappa shape index (κ2) is 12.2. The predicted molar refractivity (Wildman–Crippen MR) is 132 cm³/mol. The lowest BCUT2D eigenvalue weighted by molar-refractivity contribution is -0.384. The van der Waals surface area contributed by atoms with Crippen LogP contribution in [0.15, 0.2) is 93.3 Å². The lowest BCUT2D eigenvalue weighted by atomic mass is 10.2. The van der Waals surface area contributed by atoms with Gasteiger partial charge in [-0.25, -0.2) is 0 Å².